The molecule has 0 unspecified atom stereocenters. The third kappa shape index (κ3) is 2.58. The summed E-state index contributed by atoms with van der Waals surface area (Å²) in [5, 5.41) is 7.84. The Kier molecular flexibility index (Phi) is 3.23. The predicted octanol–water partition coefficient (Wildman–Crippen LogP) is 0.990. The van der Waals surface area contributed by atoms with Crippen molar-refractivity contribution in [3.63, 3.8) is 0 Å². The topological polar surface area (TPSA) is 124 Å². The molecule has 0 saturated carbocycles. The van der Waals surface area contributed by atoms with Gasteiger partial charge in [0.2, 0.25) is 5.91 Å². The van der Waals surface area contributed by atoms with Gasteiger partial charge in [0.15, 0.2) is 5.65 Å². The Hall–Kier alpha value is -3.62. The van der Waals surface area contributed by atoms with Gasteiger partial charge >= 0.3 is 0 Å². The standard InChI is InChI=1S/C15H12N8O/c16-13-6-18-12-5-20-23(15(12)22-13)7-14(24)21-10-2-1-9-4-17-8-19-11(9)3-10/h1-6,8H,7H2,(H2,16,22)(H,21,24). The van der Waals surface area contributed by atoms with Crippen molar-refractivity contribution < 1.29 is 4.79 Å². The zero-order valence-corrected chi connectivity index (χ0v) is 12.4. The molecule has 9 heteroatoms. The molecule has 0 atom stereocenters. The highest BCUT2D eigenvalue weighted by molar-refractivity contribution is 5.93. The molecular weight excluding hydrogens is 308 g/mol. The molecular formula is C15H12N8O. The number of rotatable bonds is 3. The minimum atomic E-state index is -0.238. The summed E-state index contributed by atoms with van der Waals surface area (Å²) < 4.78 is 1.46. The second-order valence-corrected chi connectivity index (χ2v) is 5.15. The number of hydrogen-bond acceptors (Lipinski definition) is 7. The first-order valence-corrected chi connectivity index (χ1v) is 7.13. The molecule has 1 aromatic carbocycles. The highest BCUT2D eigenvalue weighted by Gasteiger charge is 2.10. The molecule has 0 aliphatic heterocycles. The van der Waals surface area contributed by atoms with Crippen LogP contribution in [0, 0.1) is 0 Å². The lowest BCUT2D eigenvalue weighted by atomic mass is 10.2. The molecule has 3 N–H and O–H groups in total. The van der Waals surface area contributed by atoms with E-state index in [1.165, 1.54) is 17.2 Å². The number of anilines is 2. The minimum Gasteiger partial charge on any atom is -0.382 e. The molecule has 4 aromatic rings. The number of benzene rings is 1. The molecule has 4 rings (SSSR count). The molecule has 0 bridgehead atoms. The summed E-state index contributed by atoms with van der Waals surface area (Å²) in [6, 6.07) is 5.43. The van der Waals surface area contributed by atoms with E-state index in [2.05, 4.69) is 30.4 Å². The zero-order valence-electron chi connectivity index (χ0n) is 12.4. The largest absolute Gasteiger partial charge is 0.382 e. The van der Waals surface area contributed by atoms with Crippen LogP contribution in [0.3, 0.4) is 0 Å². The van der Waals surface area contributed by atoms with Crippen LogP contribution < -0.4 is 11.1 Å². The van der Waals surface area contributed by atoms with Crippen LogP contribution in [-0.2, 0) is 11.3 Å². The normalized spacial score (nSPS) is 11.0. The number of hydrogen-bond donors (Lipinski definition) is 2. The summed E-state index contributed by atoms with van der Waals surface area (Å²) in [5.41, 5.74) is 8.09. The van der Waals surface area contributed by atoms with Gasteiger partial charge in [-0.1, -0.05) is 0 Å². The van der Waals surface area contributed by atoms with E-state index in [1.807, 2.05) is 6.07 Å². The molecule has 0 fully saturated rings. The molecule has 118 valence electrons. The Labute approximate surface area is 135 Å². The fourth-order valence-corrected chi connectivity index (χ4v) is 2.37. The first-order chi connectivity index (χ1) is 11.7. The van der Waals surface area contributed by atoms with E-state index in [-0.39, 0.29) is 18.3 Å². The molecule has 24 heavy (non-hydrogen) atoms. The zero-order chi connectivity index (χ0) is 16.5. The number of carbonyl (C=O) groups is 1. The highest BCUT2D eigenvalue weighted by Crippen LogP contribution is 2.16. The van der Waals surface area contributed by atoms with Gasteiger partial charge in [0.25, 0.3) is 0 Å². The smallest absolute Gasteiger partial charge is 0.246 e. The SMILES string of the molecule is Nc1cnc2cnn(CC(=O)Nc3ccc4cncnc4c3)c2n1. The minimum absolute atomic E-state index is 0.00342. The van der Waals surface area contributed by atoms with Crippen molar-refractivity contribution in [2.45, 2.75) is 6.54 Å². The maximum absolute atomic E-state index is 12.3. The molecule has 9 nitrogen and oxygen atoms in total. The summed E-state index contributed by atoms with van der Waals surface area (Å²) in [6.07, 6.45) is 6.17. The summed E-state index contributed by atoms with van der Waals surface area (Å²) in [5.74, 6) is 0.0384. The van der Waals surface area contributed by atoms with Gasteiger partial charge in [0.1, 0.15) is 24.2 Å². The molecule has 3 heterocycles. The van der Waals surface area contributed by atoms with Crippen molar-refractivity contribution in [2.24, 2.45) is 0 Å². The number of nitrogens with two attached hydrogens (primary N) is 1. The molecule has 0 aliphatic rings. The fraction of sp³-hybridized carbons (Fsp3) is 0.0667. The van der Waals surface area contributed by atoms with Gasteiger partial charge in [-0.25, -0.2) is 24.6 Å². The van der Waals surface area contributed by atoms with Crippen LogP contribution in [0.2, 0.25) is 0 Å². The molecule has 0 spiro atoms. The Morgan fingerprint density at radius 1 is 1.17 bits per heavy atom. The summed E-state index contributed by atoms with van der Waals surface area (Å²) in [4.78, 5) is 28.6. The summed E-state index contributed by atoms with van der Waals surface area (Å²) in [6.45, 7) is 0.00342. The van der Waals surface area contributed by atoms with Crippen molar-refractivity contribution in [2.75, 3.05) is 11.1 Å². The van der Waals surface area contributed by atoms with Gasteiger partial charge in [0.05, 0.1) is 17.9 Å². The Bertz CT molecular complexity index is 1060. The summed E-state index contributed by atoms with van der Waals surface area (Å²) >= 11 is 0. The average molecular weight is 320 g/mol. The van der Waals surface area contributed by atoms with E-state index in [1.54, 1.807) is 24.5 Å². The van der Waals surface area contributed by atoms with E-state index < -0.39 is 0 Å². The molecule has 3 aromatic heterocycles. The van der Waals surface area contributed by atoms with Crippen LogP contribution in [-0.4, -0.2) is 35.6 Å². The van der Waals surface area contributed by atoms with Crippen molar-refractivity contribution >= 4 is 39.5 Å². The van der Waals surface area contributed by atoms with Crippen LogP contribution in [0.15, 0.2) is 43.1 Å². The first kappa shape index (κ1) is 14.0. The lowest BCUT2D eigenvalue weighted by molar-refractivity contribution is -0.116. The highest BCUT2D eigenvalue weighted by atomic mass is 16.2. The molecule has 0 aliphatic carbocycles. The second kappa shape index (κ2) is 5.54. The Morgan fingerprint density at radius 3 is 3.00 bits per heavy atom. The quantitative estimate of drug-likeness (QED) is 0.576. The number of nitrogens with zero attached hydrogens (tertiary/aromatic N) is 6. The average Bonchev–Trinajstić information content (AvgIpc) is 2.97. The van der Waals surface area contributed by atoms with Crippen LogP contribution >= 0.6 is 0 Å². The van der Waals surface area contributed by atoms with E-state index >= 15 is 0 Å². The van der Waals surface area contributed by atoms with Crippen LogP contribution in [0.4, 0.5) is 11.5 Å². The van der Waals surface area contributed by atoms with Gasteiger partial charge in [-0.05, 0) is 18.2 Å². The van der Waals surface area contributed by atoms with E-state index in [4.69, 9.17) is 5.73 Å². The van der Waals surface area contributed by atoms with E-state index in [0.717, 1.165) is 10.9 Å². The third-order valence-corrected chi connectivity index (χ3v) is 3.45. The number of amides is 1. The van der Waals surface area contributed by atoms with Gasteiger partial charge in [-0.2, -0.15) is 5.10 Å². The van der Waals surface area contributed by atoms with E-state index in [0.29, 0.717) is 16.9 Å². The number of nitrogen functional groups attached to an aromatic ring is 1. The van der Waals surface area contributed by atoms with Gasteiger partial charge in [-0.3, -0.25) is 4.79 Å². The monoisotopic (exact) mass is 320 g/mol. The second-order valence-electron chi connectivity index (χ2n) is 5.15. The van der Waals surface area contributed by atoms with Crippen LogP contribution in [0.5, 0.6) is 0 Å². The third-order valence-electron chi connectivity index (χ3n) is 3.45. The number of fused-ring (bicyclic) bond motifs is 2. The predicted molar refractivity (Wildman–Crippen MR) is 87.9 cm³/mol. The van der Waals surface area contributed by atoms with Crippen LogP contribution in [0.25, 0.3) is 22.1 Å². The molecule has 0 radical (unpaired) electrons. The van der Waals surface area contributed by atoms with Crippen molar-refractivity contribution in [1.82, 2.24) is 29.7 Å². The van der Waals surface area contributed by atoms with Gasteiger partial charge in [-0.15, -0.1) is 0 Å². The van der Waals surface area contributed by atoms with Gasteiger partial charge in [0, 0.05) is 17.3 Å². The maximum atomic E-state index is 12.3. The van der Waals surface area contributed by atoms with Crippen molar-refractivity contribution in [1.29, 1.82) is 0 Å². The molecule has 1 amide bonds. The number of nitrogens with one attached hydrogen (secondary N) is 1. The Morgan fingerprint density at radius 2 is 2.08 bits per heavy atom. The van der Waals surface area contributed by atoms with E-state index in [9.17, 15) is 4.79 Å². The number of carbonyl (C=O) groups excluding carboxylic acids is 1. The lowest BCUT2D eigenvalue weighted by Gasteiger charge is -2.07. The first-order valence-electron chi connectivity index (χ1n) is 7.13. The Balaban J connectivity index is 1.55. The van der Waals surface area contributed by atoms with Crippen LogP contribution in [0.1, 0.15) is 0 Å². The number of aromatic nitrogens is 6. The van der Waals surface area contributed by atoms with Crippen molar-refractivity contribution in [3.05, 3.63) is 43.1 Å². The van der Waals surface area contributed by atoms with Crippen molar-refractivity contribution in [3.8, 4) is 0 Å². The fourth-order valence-electron chi connectivity index (χ4n) is 2.37. The lowest BCUT2D eigenvalue weighted by Crippen LogP contribution is -2.19. The summed E-state index contributed by atoms with van der Waals surface area (Å²) in [7, 11) is 0. The maximum Gasteiger partial charge on any atom is 0.246 e. The molecule has 0 saturated heterocycles. The van der Waals surface area contributed by atoms with Gasteiger partial charge < -0.3 is 11.1 Å².